The molecule has 0 aliphatic carbocycles. The Hall–Kier alpha value is -2.98. The molecule has 5 heterocycles. The van der Waals surface area contributed by atoms with Gasteiger partial charge in [0.05, 0.1) is 23.9 Å². The van der Waals surface area contributed by atoms with Gasteiger partial charge in [0, 0.05) is 23.9 Å². The van der Waals surface area contributed by atoms with Gasteiger partial charge in [-0.1, -0.05) is 29.4 Å². The second kappa shape index (κ2) is 9.80. The van der Waals surface area contributed by atoms with Crippen LogP contribution in [0, 0.1) is 6.92 Å². The van der Waals surface area contributed by atoms with Crippen molar-refractivity contribution in [2.45, 2.75) is 103 Å². The quantitative estimate of drug-likeness (QED) is 0.409. The van der Waals surface area contributed by atoms with E-state index in [1.165, 1.54) is 4.90 Å². The van der Waals surface area contributed by atoms with Gasteiger partial charge in [-0.2, -0.15) is 0 Å². The molecule has 5 atom stereocenters. The molecule has 0 saturated carbocycles. The summed E-state index contributed by atoms with van der Waals surface area (Å²) < 4.78 is 8.57. The minimum absolute atomic E-state index is 0.180. The Bertz CT molecular complexity index is 1480. The van der Waals surface area contributed by atoms with Crippen molar-refractivity contribution in [3.05, 3.63) is 58.3 Å². The van der Waals surface area contributed by atoms with Gasteiger partial charge in [0.2, 0.25) is 5.91 Å². The lowest BCUT2D eigenvalue weighted by molar-refractivity contribution is -0.390. The number of aliphatic hydroxyl groups is 1. The van der Waals surface area contributed by atoms with Crippen molar-refractivity contribution in [3.63, 3.8) is 0 Å². The van der Waals surface area contributed by atoms with Crippen LogP contribution in [-0.2, 0) is 24.1 Å². The average molecular weight is 564 g/mol. The van der Waals surface area contributed by atoms with Crippen molar-refractivity contribution < 1.29 is 29.2 Å². The number of aryl methyl sites for hydroxylation is 1. The van der Waals surface area contributed by atoms with Gasteiger partial charge in [-0.15, -0.1) is 0 Å². The Morgan fingerprint density at radius 3 is 2.61 bits per heavy atom. The van der Waals surface area contributed by atoms with Gasteiger partial charge in [0.1, 0.15) is 17.7 Å². The van der Waals surface area contributed by atoms with Crippen LogP contribution >= 0.6 is 0 Å². The zero-order valence-electron chi connectivity index (χ0n) is 25.1. The summed E-state index contributed by atoms with van der Waals surface area (Å²) in [5, 5.41) is 13.6. The number of carbonyl (C=O) groups excluding carboxylic acids is 2. The van der Waals surface area contributed by atoms with Gasteiger partial charge in [-0.05, 0) is 79.0 Å². The molecule has 220 valence electrons. The maximum atomic E-state index is 14.4. The summed E-state index contributed by atoms with van der Waals surface area (Å²) in [6.45, 7) is 14.4. The molecule has 2 fully saturated rings. The topological polar surface area (TPSA) is 93.5 Å². The van der Waals surface area contributed by atoms with Crippen LogP contribution in [0.4, 0.5) is 0 Å². The number of hydrogen-bond donors (Lipinski definition) is 1. The predicted octanol–water partition coefficient (Wildman–Crippen LogP) is 5.15. The first-order chi connectivity index (χ1) is 19.3. The smallest absolute Gasteiger partial charge is 0.279 e. The Balaban J connectivity index is 1.71. The van der Waals surface area contributed by atoms with E-state index in [9.17, 15) is 14.7 Å². The molecule has 9 heteroatoms. The normalized spacial score (nSPS) is 30.3. The van der Waals surface area contributed by atoms with E-state index < -0.39 is 41.6 Å². The lowest BCUT2D eigenvalue weighted by Crippen LogP contribution is -2.74. The van der Waals surface area contributed by atoms with Crippen LogP contribution in [0.25, 0.3) is 10.9 Å². The van der Waals surface area contributed by atoms with Crippen LogP contribution in [0.5, 0.6) is 0 Å². The molecule has 0 spiro atoms. The molecular formula is C32H41N3O6. The molecule has 2 saturated heterocycles. The van der Waals surface area contributed by atoms with Crippen LogP contribution in [-0.4, -0.2) is 61.8 Å². The standard InChI is InChI=1S/C32H41N3O6/c1-18(2)12-14-39-28-26-21-11-10-20(5)16-23(21)34-25(15-19(3)4)40-41-31(6,7)17-24(27(26)34)35-29(36)22-9-8-13-33(22)30(37)32(28,35)38/h10-12,15-16,22,24-25,28,38H,8-9,13-14,17H2,1-7H3/t22-,24-,25+,28-,32+/m0/s1. The van der Waals surface area contributed by atoms with E-state index in [4.69, 9.17) is 14.5 Å². The molecule has 6 rings (SSSR count). The molecule has 0 bridgehead atoms. The van der Waals surface area contributed by atoms with Crippen molar-refractivity contribution in [2.24, 2.45) is 0 Å². The first kappa shape index (κ1) is 28.2. The lowest BCUT2D eigenvalue weighted by Gasteiger charge is -2.56. The van der Waals surface area contributed by atoms with Crippen LogP contribution in [0.1, 0.15) is 96.0 Å². The highest BCUT2D eigenvalue weighted by Gasteiger charge is 2.67. The average Bonchev–Trinajstić information content (AvgIpc) is 3.49. The van der Waals surface area contributed by atoms with E-state index in [1.807, 2.05) is 72.8 Å². The van der Waals surface area contributed by atoms with E-state index in [2.05, 4.69) is 10.6 Å². The molecule has 0 radical (unpaired) electrons. The second-order valence-electron chi connectivity index (χ2n) is 13.1. The summed E-state index contributed by atoms with van der Waals surface area (Å²) in [4.78, 5) is 43.9. The Morgan fingerprint density at radius 1 is 1.15 bits per heavy atom. The van der Waals surface area contributed by atoms with E-state index in [0.717, 1.165) is 38.9 Å². The molecule has 9 nitrogen and oxygen atoms in total. The molecular weight excluding hydrogens is 522 g/mol. The minimum Gasteiger partial charge on any atom is -0.364 e. The summed E-state index contributed by atoms with van der Waals surface area (Å²) in [6.07, 6.45) is 3.76. The number of fused-ring (bicyclic) bond motifs is 6. The Labute approximate surface area is 241 Å². The highest BCUT2D eigenvalue weighted by molar-refractivity contribution is 6.02. The summed E-state index contributed by atoms with van der Waals surface area (Å²) in [5.74, 6) is -0.724. The van der Waals surface area contributed by atoms with Crippen LogP contribution < -0.4 is 0 Å². The van der Waals surface area contributed by atoms with Gasteiger partial charge >= 0.3 is 0 Å². The molecule has 0 unspecified atom stereocenters. The second-order valence-corrected chi connectivity index (χ2v) is 13.1. The molecule has 1 aromatic heterocycles. The number of piperazine rings is 1. The third-order valence-corrected chi connectivity index (χ3v) is 8.75. The van der Waals surface area contributed by atoms with E-state index in [-0.39, 0.29) is 12.5 Å². The first-order valence-electron chi connectivity index (χ1n) is 14.6. The molecule has 4 aliphatic rings. The fourth-order valence-corrected chi connectivity index (χ4v) is 7.03. The number of aromatic nitrogens is 1. The zero-order chi connectivity index (χ0) is 29.4. The highest BCUT2D eigenvalue weighted by atomic mass is 17.2. The third kappa shape index (κ3) is 4.28. The lowest BCUT2D eigenvalue weighted by atomic mass is 9.79. The summed E-state index contributed by atoms with van der Waals surface area (Å²) >= 11 is 0. The monoisotopic (exact) mass is 563 g/mol. The minimum atomic E-state index is -2.21. The maximum Gasteiger partial charge on any atom is 0.279 e. The molecule has 1 aromatic carbocycles. The van der Waals surface area contributed by atoms with Gasteiger partial charge < -0.3 is 19.3 Å². The predicted molar refractivity (Wildman–Crippen MR) is 153 cm³/mol. The van der Waals surface area contributed by atoms with Crippen molar-refractivity contribution in [3.8, 4) is 0 Å². The SMILES string of the molecule is CC(C)=CCO[C@H]1c2c3n(c4cc(C)ccc24)[C@@H](C=C(C)C)OOC(C)(C)C[C@@H]3N2C(=O)[C@@H]3CCCN3C(=O)[C@]12O. The fourth-order valence-electron chi connectivity index (χ4n) is 7.03. The molecule has 41 heavy (non-hydrogen) atoms. The van der Waals surface area contributed by atoms with Gasteiger partial charge in [0.15, 0.2) is 6.23 Å². The van der Waals surface area contributed by atoms with Crippen LogP contribution in [0.2, 0.25) is 0 Å². The van der Waals surface area contributed by atoms with E-state index >= 15 is 0 Å². The number of allylic oxidation sites excluding steroid dienone is 2. The van der Waals surface area contributed by atoms with Crippen molar-refractivity contribution in [2.75, 3.05) is 13.2 Å². The number of hydrogen-bond acceptors (Lipinski definition) is 6. The third-order valence-electron chi connectivity index (χ3n) is 8.75. The first-order valence-corrected chi connectivity index (χ1v) is 14.6. The Morgan fingerprint density at radius 2 is 1.90 bits per heavy atom. The van der Waals surface area contributed by atoms with E-state index in [1.54, 1.807) is 4.90 Å². The summed E-state index contributed by atoms with van der Waals surface area (Å²) in [7, 11) is 0. The number of ether oxygens (including phenoxy) is 1. The number of amides is 2. The van der Waals surface area contributed by atoms with Crippen LogP contribution in [0.15, 0.2) is 41.5 Å². The number of rotatable bonds is 4. The van der Waals surface area contributed by atoms with Gasteiger partial charge in [0.25, 0.3) is 11.6 Å². The molecule has 2 aromatic rings. The Kier molecular flexibility index (Phi) is 6.73. The molecule has 4 aliphatic heterocycles. The van der Waals surface area contributed by atoms with Crippen LogP contribution in [0.3, 0.4) is 0 Å². The number of benzene rings is 1. The molecule has 1 N–H and O–H groups in total. The number of carbonyl (C=O) groups is 2. The number of nitrogens with zero attached hydrogens (tertiary/aromatic N) is 3. The summed E-state index contributed by atoms with van der Waals surface area (Å²) in [5.41, 5.74) is 2.48. The van der Waals surface area contributed by atoms with Crippen molar-refractivity contribution in [1.29, 1.82) is 0 Å². The van der Waals surface area contributed by atoms with Gasteiger partial charge in [-0.25, -0.2) is 9.78 Å². The largest absolute Gasteiger partial charge is 0.364 e. The fraction of sp³-hybridized carbons (Fsp3) is 0.562. The highest BCUT2D eigenvalue weighted by Crippen LogP contribution is 2.56. The van der Waals surface area contributed by atoms with Crippen molar-refractivity contribution >= 4 is 22.7 Å². The van der Waals surface area contributed by atoms with E-state index in [0.29, 0.717) is 25.8 Å². The van der Waals surface area contributed by atoms with Crippen molar-refractivity contribution in [1.82, 2.24) is 14.4 Å². The summed E-state index contributed by atoms with van der Waals surface area (Å²) in [6, 6.07) is 4.86. The maximum absolute atomic E-state index is 14.4. The molecule has 2 amide bonds. The zero-order valence-corrected chi connectivity index (χ0v) is 25.1. The van der Waals surface area contributed by atoms with Gasteiger partial charge in [-0.3, -0.25) is 14.5 Å².